The summed E-state index contributed by atoms with van der Waals surface area (Å²) in [6.45, 7) is 4.78. The third kappa shape index (κ3) is 8.80. The van der Waals surface area contributed by atoms with Gasteiger partial charge in [0, 0.05) is 6.42 Å². The molecule has 0 aromatic carbocycles. The monoisotopic (exact) mass is 310 g/mol. The summed E-state index contributed by atoms with van der Waals surface area (Å²) in [5.41, 5.74) is 0.675. The minimum absolute atomic E-state index is 0.346. The summed E-state index contributed by atoms with van der Waals surface area (Å²) in [7, 11) is 0. The van der Waals surface area contributed by atoms with E-state index < -0.39 is 5.97 Å². The zero-order valence-electron chi connectivity index (χ0n) is 15.0. The van der Waals surface area contributed by atoms with E-state index in [1.807, 2.05) is 0 Å². The molecule has 130 valence electrons. The Morgan fingerprint density at radius 1 is 0.955 bits per heavy atom. The molecule has 22 heavy (non-hydrogen) atoms. The maximum absolute atomic E-state index is 10.4. The molecule has 2 atom stereocenters. The number of hydrogen-bond acceptors (Lipinski definition) is 1. The third-order valence-electron chi connectivity index (χ3n) is 5.58. The van der Waals surface area contributed by atoms with Crippen molar-refractivity contribution >= 4 is 5.97 Å². The fraction of sp³-hybridized carbons (Fsp3) is 0.950. The molecule has 2 unspecified atom stereocenters. The van der Waals surface area contributed by atoms with Gasteiger partial charge in [-0.1, -0.05) is 78.1 Å². The van der Waals surface area contributed by atoms with Crippen LogP contribution in [0.15, 0.2) is 0 Å². The first-order chi connectivity index (χ1) is 10.6. The van der Waals surface area contributed by atoms with Crippen LogP contribution in [0.5, 0.6) is 0 Å². The van der Waals surface area contributed by atoms with Gasteiger partial charge in [-0.25, -0.2) is 0 Å². The summed E-state index contributed by atoms with van der Waals surface area (Å²) in [5, 5.41) is 8.59. The Hall–Kier alpha value is -0.530. The van der Waals surface area contributed by atoms with E-state index in [4.69, 9.17) is 5.11 Å². The number of aliphatic carboxylic acids is 1. The Labute approximate surface area is 138 Å². The molecule has 1 saturated carbocycles. The van der Waals surface area contributed by atoms with Gasteiger partial charge in [-0.05, 0) is 37.0 Å². The van der Waals surface area contributed by atoms with Gasteiger partial charge in [-0.2, -0.15) is 0 Å². The Bertz CT molecular complexity index is 300. The number of rotatable bonds is 15. The van der Waals surface area contributed by atoms with Gasteiger partial charge in [0.1, 0.15) is 0 Å². The summed E-state index contributed by atoms with van der Waals surface area (Å²) in [4.78, 5) is 10.4. The van der Waals surface area contributed by atoms with Crippen molar-refractivity contribution in [3.8, 4) is 0 Å². The van der Waals surface area contributed by atoms with Crippen LogP contribution in [-0.4, -0.2) is 11.1 Å². The topological polar surface area (TPSA) is 37.3 Å². The first-order valence-electron chi connectivity index (χ1n) is 9.80. The van der Waals surface area contributed by atoms with Crippen molar-refractivity contribution in [2.24, 2.45) is 11.3 Å². The highest BCUT2D eigenvalue weighted by Crippen LogP contribution is 2.58. The largest absolute Gasteiger partial charge is 0.481 e. The minimum atomic E-state index is -0.650. The molecule has 1 rings (SSSR count). The van der Waals surface area contributed by atoms with Crippen molar-refractivity contribution < 1.29 is 9.90 Å². The lowest BCUT2D eigenvalue weighted by molar-refractivity contribution is -0.137. The van der Waals surface area contributed by atoms with Crippen LogP contribution < -0.4 is 0 Å². The summed E-state index contributed by atoms with van der Waals surface area (Å²) >= 11 is 0. The van der Waals surface area contributed by atoms with E-state index in [0.29, 0.717) is 11.8 Å². The van der Waals surface area contributed by atoms with Crippen molar-refractivity contribution in [2.75, 3.05) is 0 Å². The van der Waals surface area contributed by atoms with Crippen molar-refractivity contribution in [3.05, 3.63) is 0 Å². The number of hydrogen-bond donors (Lipinski definition) is 1. The fourth-order valence-electron chi connectivity index (χ4n) is 3.77. The lowest BCUT2D eigenvalue weighted by Crippen LogP contribution is -1.98. The van der Waals surface area contributed by atoms with Crippen molar-refractivity contribution in [3.63, 3.8) is 0 Å². The molecule has 0 aromatic heterocycles. The predicted octanol–water partition coefficient (Wildman–Crippen LogP) is 6.58. The van der Waals surface area contributed by atoms with E-state index >= 15 is 0 Å². The van der Waals surface area contributed by atoms with E-state index in [9.17, 15) is 4.79 Å². The van der Waals surface area contributed by atoms with Gasteiger partial charge < -0.3 is 5.11 Å². The first kappa shape index (κ1) is 19.5. The van der Waals surface area contributed by atoms with Crippen molar-refractivity contribution in [1.82, 2.24) is 0 Å². The molecule has 0 spiro atoms. The lowest BCUT2D eigenvalue weighted by atomic mass is 9.95. The van der Waals surface area contributed by atoms with Gasteiger partial charge >= 0.3 is 5.97 Å². The Balaban J connectivity index is 1.88. The molecule has 1 fully saturated rings. The normalized spacial score (nSPS) is 23.6. The predicted molar refractivity (Wildman–Crippen MR) is 94.2 cm³/mol. The highest BCUT2D eigenvalue weighted by atomic mass is 16.4. The van der Waals surface area contributed by atoms with Crippen LogP contribution in [0.25, 0.3) is 0 Å². The van der Waals surface area contributed by atoms with Gasteiger partial charge in [-0.15, -0.1) is 0 Å². The summed E-state index contributed by atoms with van der Waals surface area (Å²) in [6.07, 6.45) is 19.0. The maximum Gasteiger partial charge on any atom is 0.303 e. The zero-order chi connectivity index (χ0) is 16.3. The molecule has 0 amide bonds. The number of unbranched alkanes of at least 4 members (excludes halogenated alkanes) is 9. The SMILES string of the molecule is CCCCCCCCC1(C)CC1CCCCCCCC(=O)O. The van der Waals surface area contributed by atoms with Gasteiger partial charge in [0.2, 0.25) is 0 Å². The molecule has 0 aliphatic heterocycles. The van der Waals surface area contributed by atoms with Crippen LogP contribution >= 0.6 is 0 Å². The molecular formula is C20H38O2. The van der Waals surface area contributed by atoms with Crippen LogP contribution in [-0.2, 0) is 4.79 Å². The smallest absolute Gasteiger partial charge is 0.303 e. The molecule has 0 aromatic rings. The molecule has 1 aliphatic rings. The van der Waals surface area contributed by atoms with Crippen LogP contribution in [0.2, 0.25) is 0 Å². The van der Waals surface area contributed by atoms with Gasteiger partial charge in [-0.3, -0.25) is 4.79 Å². The second-order valence-corrected chi connectivity index (χ2v) is 7.77. The van der Waals surface area contributed by atoms with E-state index in [1.54, 1.807) is 0 Å². The van der Waals surface area contributed by atoms with Crippen LogP contribution in [0, 0.1) is 11.3 Å². The quantitative estimate of drug-likeness (QED) is 0.347. The molecule has 1 aliphatic carbocycles. The number of carboxylic acid groups (broad SMARTS) is 1. The Morgan fingerprint density at radius 2 is 1.55 bits per heavy atom. The number of carbonyl (C=O) groups is 1. The maximum atomic E-state index is 10.4. The molecule has 0 radical (unpaired) electrons. The standard InChI is InChI=1S/C20H38O2/c1-3-4-5-6-10-13-16-20(2)17-18(20)14-11-8-7-9-12-15-19(21)22/h18H,3-17H2,1-2H3,(H,21,22). The van der Waals surface area contributed by atoms with Crippen molar-refractivity contribution in [2.45, 2.75) is 110 Å². The highest BCUT2D eigenvalue weighted by molar-refractivity contribution is 5.66. The van der Waals surface area contributed by atoms with Gasteiger partial charge in [0.25, 0.3) is 0 Å². The molecule has 2 heteroatoms. The van der Waals surface area contributed by atoms with E-state index in [2.05, 4.69) is 13.8 Å². The summed E-state index contributed by atoms with van der Waals surface area (Å²) in [5.74, 6) is 0.339. The second kappa shape index (κ2) is 11.1. The third-order valence-corrected chi connectivity index (χ3v) is 5.58. The second-order valence-electron chi connectivity index (χ2n) is 7.77. The van der Waals surface area contributed by atoms with Crippen LogP contribution in [0.3, 0.4) is 0 Å². The lowest BCUT2D eigenvalue weighted by Gasteiger charge is -2.11. The average molecular weight is 311 g/mol. The van der Waals surface area contributed by atoms with Gasteiger partial charge in [0.05, 0.1) is 0 Å². The van der Waals surface area contributed by atoms with Crippen LogP contribution in [0.4, 0.5) is 0 Å². The molecule has 1 N–H and O–H groups in total. The average Bonchev–Trinajstić information content (AvgIpc) is 3.12. The molecule has 0 bridgehead atoms. The van der Waals surface area contributed by atoms with E-state index in [-0.39, 0.29) is 0 Å². The molecular weight excluding hydrogens is 272 g/mol. The Kier molecular flexibility index (Phi) is 9.82. The first-order valence-corrected chi connectivity index (χ1v) is 9.80. The van der Waals surface area contributed by atoms with Gasteiger partial charge in [0.15, 0.2) is 0 Å². The molecule has 0 heterocycles. The number of carboxylic acids is 1. The van der Waals surface area contributed by atoms with Crippen LogP contribution in [0.1, 0.15) is 110 Å². The highest BCUT2D eigenvalue weighted by Gasteiger charge is 2.47. The molecule has 0 saturated heterocycles. The summed E-state index contributed by atoms with van der Waals surface area (Å²) in [6, 6.07) is 0. The van der Waals surface area contributed by atoms with E-state index in [0.717, 1.165) is 18.8 Å². The van der Waals surface area contributed by atoms with E-state index in [1.165, 1.54) is 77.0 Å². The fourth-order valence-corrected chi connectivity index (χ4v) is 3.77. The zero-order valence-corrected chi connectivity index (χ0v) is 15.0. The summed E-state index contributed by atoms with van der Waals surface area (Å²) < 4.78 is 0. The Morgan fingerprint density at radius 3 is 2.23 bits per heavy atom. The molecule has 2 nitrogen and oxygen atoms in total. The minimum Gasteiger partial charge on any atom is -0.481 e. The van der Waals surface area contributed by atoms with Crippen molar-refractivity contribution in [1.29, 1.82) is 0 Å².